The van der Waals surface area contributed by atoms with Crippen LogP contribution < -0.4 is 35.6 Å². The van der Waals surface area contributed by atoms with E-state index < -0.39 is 6.04 Å². The average Bonchev–Trinajstić information content (AvgIpc) is 3.38. The molecule has 3 unspecified atom stereocenters. The van der Waals surface area contributed by atoms with Gasteiger partial charge in [0.1, 0.15) is 5.82 Å². The Hall–Kier alpha value is -5.06. The fraction of sp³-hybridized carbons (Fsp3) is 0.405. The lowest BCUT2D eigenvalue weighted by molar-refractivity contribution is -0.122. The van der Waals surface area contributed by atoms with Gasteiger partial charge >= 0.3 is 0 Å². The van der Waals surface area contributed by atoms with Gasteiger partial charge in [0.25, 0.3) is 0 Å². The second kappa shape index (κ2) is 15.2. The molecule has 0 fully saturated rings. The van der Waals surface area contributed by atoms with Crippen molar-refractivity contribution < 1.29 is 23.8 Å². The van der Waals surface area contributed by atoms with Gasteiger partial charge in [-0.05, 0) is 72.2 Å². The predicted molar refractivity (Wildman–Crippen MR) is 187 cm³/mol. The highest BCUT2D eigenvalue weighted by molar-refractivity contribution is 5.84. The highest BCUT2D eigenvalue weighted by Crippen LogP contribution is 2.50. The number of aromatic amines is 1. The van der Waals surface area contributed by atoms with Crippen LogP contribution in [0.3, 0.4) is 0 Å². The van der Waals surface area contributed by atoms with Crippen LogP contribution in [-0.4, -0.2) is 49.7 Å². The number of hydrogen-bond acceptors (Lipinski definition) is 8. The molecule has 0 bridgehead atoms. The first-order valence-corrected chi connectivity index (χ1v) is 16.4. The third kappa shape index (κ3) is 7.25. The minimum atomic E-state index is -0.395. The number of methoxy groups -OCH3 is 3. The normalized spacial score (nSPS) is 14.9. The van der Waals surface area contributed by atoms with E-state index in [1.807, 2.05) is 36.4 Å². The molecular formula is C37H45N5O6. The number of H-pyrrole nitrogens is 1. The summed E-state index contributed by atoms with van der Waals surface area (Å²) in [5.74, 6) is 2.14. The molecule has 1 aliphatic carbocycles. The maximum atomic E-state index is 13.6. The highest BCUT2D eigenvalue weighted by atomic mass is 16.5. The lowest BCUT2D eigenvalue weighted by Crippen LogP contribution is -2.33. The SMILES string of the molecule is CCC(C)C(NC(=O)CCCNc1ccc2c(cc1=O)C(NC(C)=O)CCc1cc(OC)c(OC)c(OC)c1-2)c1nc2ccccc2[nH]1. The van der Waals surface area contributed by atoms with E-state index in [1.54, 1.807) is 33.5 Å². The van der Waals surface area contributed by atoms with Crippen molar-refractivity contribution in [3.05, 3.63) is 75.7 Å². The Kier molecular flexibility index (Phi) is 10.9. The van der Waals surface area contributed by atoms with Gasteiger partial charge in [0, 0.05) is 25.5 Å². The maximum absolute atomic E-state index is 13.6. The van der Waals surface area contributed by atoms with Gasteiger partial charge in [-0.2, -0.15) is 0 Å². The number of anilines is 1. The number of nitrogens with one attached hydrogen (secondary N) is 4. The van der Waals surface area contributed by atoms with Crippen molar-refractivity contribution in [2.24, 2.45) is 5.92 Å². The third-order valence-corrected chi connectivity index (χ3v) is 9.04. The number of fused-ring (bicyclic) bond motifs is 4. The second-order valence-corrected chi connectivity index (χ2v) is 12.2. The van der Waals surface area contributed by atoms with Crippen LogP contribution in [0.4, 0.5) is 5.69 Å². The van der Waals surface area contributed by atoms with E-state index >= 15 is 0 Å². The summed E-state index contributed by atoms with van der Waals surface area (Å²) in [4.78, 5) is 47.0. The molecule has 1 aromatic heterocycles. The van der Waals surface area contributed by atoms with Gasteiger partial charge in [0.2, 0.25) is 23.0 Å². The molecule has 1 heterocycles. The van der Waals surface area contributed by atoms with Crippen molar-refractivity contribution in [3.8, 4) is 28.4 Å². The molecule has 0 aliphatic heterocycles. The number of aryl methyl sites for hydroxylation is 1. The highest BCUT2D eigenvalue weighted by Gasteiger charge is 2.29. The molecule has 0 saturated carbocycles. The molecule has 4 N–H and O–H groups in total. The van der Waals surface area contributed by atoms with Crippen molar-refractivity contribution >= 4 is 28.5 Å². The van der Waals surface area contributed by atoms with E-state index in [2.05, 4.69) is 34.8 Å². The Morgan fingerprint density at radius 1 is 1.04 bits per heavy atom. The number of hydrogen-bond donors (Lipinski definition) is 4. The first-order valence-electron chi connectivity index (χ1n) is 16.4. The van der Waals surface area contributed by atoms with E-state index in [-0.39, 0.29) is 35.6 Å². The van der Waals surface area contributed by atoms with Crippen LogP contribution >= 0.6 is 0 Å². The summed E-state index contributed by atoms with van der Waals surface area (Å²) >= 11 is 0. The molecule has 3 atom stereocenters. The average molecular weight is 656 g/mol. The van der Waals surface area contributed by atoms with Gasteiger partial charge in [0.05, 0.1) is 50.1 Å². The number of rotatable bonds is 13. The molecule has 0 radical (unpaired) electrons. The molecule has 5 rings (SSSR count). The summed E-state index contributed by atoms with van der Waals surface area (Å²) in [7, 11) is 4.70. The minimum Gasteiger partial charge on any atom is -0.493 e. The van der Waals surface area contributed by atoms with Crippen molar-refractivity contribution in [1.29, 1.82) is 0 Å². The van der Waals surface area contributed by atoms with Crippen LogP contribution in [0.15, 0.2) is 53.3 Å². The zero-order valence-corrected chi connectivity index (χ0v) is 28.5. The summed E-state index contributed by atoms with van der Waals surface area (Å²) < 4.78 is 17.1. The molecule has 1 aliphatic rings. The van der Waals surface area contributed by atoms with Gasteiger partial charge in [-0.15, -0.1) is 0 Å². The Morgan fingerprint density at radius 3 is 2.50 bits per heavy atom. The minimum absolute atomic E-state index is 0.0820. The Bertz CT molecular complexity index is 1820. The van der Waals surface area contributed by atoms with E-state index in [0.717, 1.165) is 40.0 Å². The number of amides is 2. The molecule has 4 aromatic rings. The summed E-state index contributed by atoms with van der Waals surface area (Å²) in [6, 6.07) is 14.3. The third-order valence-electron chi connectivity index (χ3n) is 9.04. The molecule has 0 spiro atoms. The van der Waals surface area contributed by atoms with Crippen LogP contribution in [0.2, 0.25) is 0 Å². The van der Waals surface area contributed by atoms with E-state index in [1.165, 1.54) is 6.92 Å². The number of benzene rings is 2. The number of nitrogens with zero attached hydrogens (tertiary/aromatic N) is 1. The molecule has 11 heteroatoms. The van der Waals surface area contributed by atoms with Crippen molar-refractivity contribution in [2.45, 2.75) is 65.0 Å². The first kappa shape index (κ1) is 34.3. The molecule has 2 amide bonds. The predicted octanol–water partition coefficient (Wildman–Crippen LogP) is 5.84. The maximum Gasteiger partial charge on any atom is 0.220 e. The van der Waals surface area contributed by atoms with Crippen LogP contribution in [0.1, 0.15) is 75.5 Å². The number of carbonyl (C=O) groups is 2. The first-order chi connectivity index (χ1) is 23.2. The second-order valence-electron chi connectivity index (χ2n) is 12.2. The van der Waals surface area contributed by atoms with Crippen LogP contribution in [0, 0.1) is 5.92 Å². The summed E-state index contributed by atoms with van der Waals surface area (Å²) in [6.45, 7) is 6.08. The van der Waals surface area contributed by atoms with Crippen molar-refractivity contribution in [3.63, 3.8) is 0 Å². The number of aromatic nitrogens is 2. The zero-order chi connectivity index (χ0) is 34.4. The van der Waals surface area contributed by atoms with Gasteiger partial charge in [-0.3, -0.25) is 14.4 Å². The van der Waals surface area contributed by atoms with Gasteiger partial charge in [-0.1, -0.05) is 38.5 Å². The fourth-order valence-corrected chi connectivity index (χ4v) is 6.41. The summed E-state index contributed by atoms with van der Waals surface area (Å²) in [5, 5.41) is 9.44. The molecule has 3 aromatic carbocycles. The van der Waals surface area contributed by atoms with Gasteiger partial charge in [0.15, 0.2) is 11.5 Å². The standard InChI is InChI=1S/C37H45N5O6/c1-7-21(2)34(37-40-27-11-8-9-12-28(27)41-37)42-32(45)13-10-18-38-29-17-15-24-25(20-30(29)44)26(39-22(3)43)16-14-23-19-31(46-4)35(47-5)36(48-6)33(23)24/h8-9,11-12,15,17,19-21,26,34H,7,10,13-14,16,18H2,1-6H3,(H,38,44)(H,39,43)(H,40,41)(H,42,45). The fourth-order valence-electron chi connectivity index (χ4n) is 6.41. The quantitative estimate of drug-likeness (QED) is 0.132. The van der Waals surface area contributed by atoms with Crippen molar-refractivity contribution in [2.75, 3.05) is 33.2 Å². The molecule has 48 heavy (non-hydrogen) atoms. The molecule has 11 nitrogen and oxygen atoms in total. The molecular weight excluding hydrogens is 610 g/mol. The number of para-hydroxylation sites is 2. The largest absolute Gasteiger partial charge is 0.493 e. The van der Waals surface area contributed by atoms with Gasteiger partial charge < -0.3 is 35.1 Å². The van der Waals surface area contributed by atoms with Crippen LogP contribution in [0.25, 0.3) is 22.2 Å². The van der Waals surface area contributed by atoms with Gasteiger partial charge in [-0.25, -0.2) is 4.98 Å². The Labute approximate surface area is 280 Å². The summed E-state index contributed by atoms with van der Waals surface area (Å²) in [5.41, 5.74) is 5.16. The van der Waals surface area contributed by atoms with E-state index in [9.17, 15) is 14.4 Å². The number of ether oxygens (including phenoxy) is 3. The zero-order valence-electron chi connectivity index (χ0n) is 28.5. The van der Waals surface area contributed by atoms with E-state index in [4.69, 9.17) is 19.2 Å². The lowest BCUT2D eigenvalue weighted by Gasteiger charge is -2.22. The topological polar surface area (TPSA) is 144 Å². The van der Waals surface area contributed by atoms with Crippen LogP contribution in [-0.2, 0) is 16.0 Å². The van der Waals surface area contributed by atoms with E-state index in [0.29, 0.717) is 54.3 Å². The molecule has 254 valence electrons. The molecule has 0 saturated heterocycles. The Balaban J connectivity index is 1.36. The van der Waals surface area contributed by atoms with Crippen LogP contribution in [0.5, 0.6) is 17.2 Å². The number of imidazole rings is 1. The number of carbonyl (C=O) groups excluding carboxylic acids is 2. The summed E-state index contributed by atoms with van der Waals surface area (Å²) in [6.07, 6.45) is 2.86. The lowest BCUT2D eigenvalue weighted by atomic mass is 9.95. The monoisotopic (exact) mass is 655 g/mol. The van der Waals surface area contributed by atoms with Crippen molar-refractivity contribution in [1.82, 2.24) is 20.6 Å². The Morgan fingerprint density at radius 2 is 1.81 bits per heavy atom. The smallest absolute Gasteiger partial charge is 0.220 e.